The molecule has 0 aromatic carbocycles. The highest BCUT2D eigenvalue weighted by molar-refractivity contribution is 5.42. The maximum atomic E-state index is 11.8. The molecule has 0 radical (unpaired) electrons. The molecule has 3 heterocycles. The number of hydrogen-bond donors (Lipinski definition) is 1. The topological polar surface area (TPSA) is 69.0 Å². The molecule has 2 aromatic heterocycles. The Morgan fingerprint density at radius 1 is 1.21 bits per heavy atom. The SMILES string of the molecule is O=c1cccnn1C1COCC1Nc1ccncc1. The zero-order valence-electron chi connectivity index (χ0n) is 10.3. The van der Waals surface area contributed by atoms with Crippen molar-refractivity contribution in [1.29, 1.82) is 0 Å². The van der Waals surface area contributed by atoms with Gasteiger partial charge in [0, 0.05) is 30.3 Å². The highest BCUT2D eigenvalue weighted by Gasteiger charge is 2.31. The summed E-state index contributed by atoms with van der Waals surface area (Å²) in [5, 5.41) is 7.48. The molecule has 0 bridgehead atoms. The van der Waals surface area contributed by atoms with E-state index in [-0.39, 0.29) is 17.6 Å². The van der Waals surface area contributed by atoms with Crippen LogP contribution in [0.25, 0.3) is 0 Å². The van der Waals surface area contributed by atoms with Gasteiger partial charge < -0.3 is 10.1 Å². The first kappa shape index (κ1) is 11.9. The molecule has 0 saturated carbocycles. The van der Waals surface area contributed by atoms with Gasteiger partial charge in [0.05, 0.1) is 19.3 Å². The zero-order valence-corrected chi connectivity index (χ0v) is 10.3. The molecule has 2 atom stereocenters. The molecular weight excluding hydrogens is 244 g/mol. The van der Waals surface area contributed by atoms with Crippen molar-refractivity contribution >= 4 is 5.69 Å². The monoisotopic (exact) mass is 258 g/mol. The molecule has 6 heteroatoms. The molecular formula is C13H14N4O2. The van der Waals surface area contributed by atoms with Crippen LogP contribution in [0.3, 0.4) is 0 Å². The van der Waals surface area contributed by atoms with Crippen LogP contribution in [0.1, 0.15) is 6.04 Å². The molecule has 6 nitrogen and oxygen atoms in total. The van der Waals surface area contributed by atoms with Gasteiger partial charge in [-0.05, 0) is 18.2 Å². The molecule has 19 heavy (non-hydrogen) atoms. The number of nitrogens with zero attached hydrogens (tertiary/aromatic N) is 3. The third kappa shape index (κ3) is 2.48. The van der Waals surface area contributed by atoms with E-state index in [0.717, 1.165) is 5.69 Å². The number of nitrogens with one attached hydrogen (secondary N) is 1. The van der Waals surface area contributed by atoms with Gasteiger partial charge in [-0.1, -0.05) is 0 Å². The van der Waals surface area contributed by atoms with E-state index in [0.29, 0.717) is 13.2 Å². The molecule has 1 N–H and O–H groups in total. The summed E-state index contributed by atoms with van der Waals surface area (Å²) in [6.07, 6.45) is 5.06. The van der Waals surface area contributed by atoms with Gasteiger partial charge in [-0.25, -0.2) is 4.68 Å². The number of pyridine rings is 1. The molecule has 98 valence electrons. The Bertz CT molecular complexity index is 599. The lowest BCUT2D eigenvalue weighted by atomic mass is 10.1. The van der Waals surface area contributed by atoms with Crippen molar-refractivity contribution in [2.24, 2.45) is 0 Å². The lowest BCUT2D eigenvalue weighted by Crippen LogP contribution is -2.36. The molecule has 1 aliphatic rings. The van der Waals surface area contributed by atoms with E-state index >= 15 is 0 Å². The van der Waals surface area contributed by atoms with Crippen LogP contribution in [0.2, 0.25) is 0 Å². The molecule has 0 spiro atoms. The molecule has 3 rings (SSSR count). The molecule has 0 aliphatic carbocycles. The van der Waals surface area contributed by atoms with Crippen molar-refractivity contribution in [3.05, 3.63) is 53.2 Å². The van der Waals surface area contributed by atoms with E-state index in [1.165, 1.54) is 10.7 Å². The second-order valence-electron chi connectivity index (χ2n) is 4.40. The normalized spacial score (nSPS) is 22.3. The molecule has 1 aliphatic heterocycles. The third-order valence-corrected chi connectivity index (χ3v) is 3.14. The third-order valence-electron chi connectivity index (χ3n) is 3.14. The standard InChI is InChI=1S/C13H14N4O2/c18-13-2-1-5-15-17(13)12-9-19-8-11(12)16-10-3-6-14-7-4-10/h1-7,11-12H,8-9H2,(H,14,16). The highest BCUT2D eigenvalue weighted by Crippen LogP contribution is 2.21. The van der Waals surface area contributed by atoms with Crippen LogP contribution < -0.4 is 10.9 Å². The van der Waals surface area contributed by atoms with Gasteiger partial charge in [0.15, 0.2) is 0 Å². The van der Waals surface area contributed by atoms with E-state index in [9.17, 15) is 4.79 Å². The average molecular weight is 258 g/mol. The average Bonchev–Trinajstić information content (AvgIpc) is 2.88. The maximum absolute atomic E-state index is 11.8. The predicted molar refractivity (Wildman–Crippen MR) is 70.0 cm³/mol. The smallest absolute Gasteiger partial charge is 0.267 e. The van der Waals surface area contributed by atoms with Crippen LogP contribution >= 0.6 is 0 Å². The first-order valence-electron chi connectivity index (χ1n) is 6.13. The summed E-state index contributed by atoms with van der Waals surface area (Å²) >= 11 is 0. The van der Waals surface area contributed by atoms with Crippen LogP contribution in [0.15, 0.2) is 47.7 Å². The van der Waals surface area contributed by atoms with Crippen molar-refractivity contribution in [3.63, 3.8) is 0 Å². The predicted octanol–water partition coefficient (Wildman–Crippen LogP) is 0.690. The first-order chi connectivity index (χ1) is 9.34. The summed E-state index contributed by atoms with van der Waals surface area (Å²) in [6, 6.07) is 6.85. The number of aromatic nitrogens is 3. The fourth-order valence-electron chi connectivity index (χ4n) is 2.20. The van der Waals surface area contributed by atoms with Crippen molar-refractivity contribution in [3.8, 4) is 0 Å². The van der Waals surface area contributed by atoms with E-state index in [2.05, 4.69) is 15.4 Å². The van der Waals surface area contributed by atoms with Crippen LogP contribution in [0.5, 0.6) is 0 Å². The minimum absolute atomic E-state index is 0.0231. The van der Waals surface area contributed by atoms with Gasteiger partial charge >= 0.3 is 0 Å². The van der Waals surface area contributed by atoms with Crippen LogP contribution in [0, 0.1) is 0 Å². The summed E-state index contributed by atoms with van der Waals surface area (Å²) in [7, 11) is 0. The van der Waals surface area contributed by atoms with Crippen molar-refractivity contribution in [1.82, 2.24) is 14.8 Å². The molecule has 2 aromatic rings. The second-order valence-corrected chi connectivity index (χ2v) is 4.40. The second kappa shape index (κ2) is 5.19. The number of anilines is 1. The lowest BCUT2D eigenvalue weighted by molar-refractivity contribution is 0.183. The highest BCUT2D eigenvalue weighted by atomic mass is 16.5. The maximum Gasteiger partial charge on any atom is 0.267 e. The Labute approximate surface area is 110 Å². The van der Waals surface area contributed by atoms with Crippen molar-refractivity contribution < 1.29 is 4.74 Å². The minimum atomic E-state index is -0.112. The van der Waals surface area contributed by atoms with E-state index in [4.69, 9.17) is 4.74 Å². The summed E-state index contributed by atoms with van der Waals surface area (Å²) < 4.78 is 6.95. The van der Waals surface area contributed by atoms with Crippen LogP contribution in [0.4, 0.5) is 5.69 Å². The Morgan fingerprint density at radius 3 is 2.84 bits per heavy atom. The van der Waals surface area contributed by atoms with Crippen LogP contribution in [-0.2, 0) is 4.74 Å². The number of hydrogen-bond acceptors (Lipinski definition) is 5. The first-order valence-corrected chi connectivity index (χ1v) is 6.13. The van der Waals surface area contributed by atoms with Crippen molar-refractivity contribution in [2.75, 3.05) is 18.5 Å². The molecule has 1 saturated heterocycles. The van der Waals surface area contributed by atoms with Gasteiger partial charge in [-0.3, -0.25) is 9.78 Å². The van der Waals surface area contributed by atoms with E-state index < -0.39 is 0 Å². The fraction of sp³-hybridized carbons (Fsp3) is 0.308. The Hall–Kier alpha value is -2.21. The summed E-state index contributed by atoms with van der Waals surface area (Å²) in [5.74, 6) is 0. The Morgan fingerprint density at radius 2 is 2.05 bits per heavy atom. The quantitative estimate of drug-likeness (QED) is 0.877. The van der Waals surface area contributed by atoms with Gasteiger partial charge in [0.2, 0.25) is 0 Å². The van der Waals surface area contributed by atoms with Crippen molar-refractivity contribution in [2.45, 2.75) is 12.1 Å². The fourth-order valence-corrected chi connectivity index (χ4v) is 2.20. The Balaban J connectivity index is 1.83. The largest absolute Gasteiger partial charge is 0.378 e. The zero-order chi connectivity index (χ0) is 13.1. The summed E-state index contributed by atoms with van der Waals surface area (Å²) in [5.41, 5.74) is 0.846. The number of ether oxygens (including phenoxy) is 1. The van der Waals surface area contributed by atoms with Gasteiger partial charge in [0.1, 0.15) is 6.04 Å². The number of rotatable bonds is 3. The van der Waals surface area contributed by atoms with Gasteiger partial charge in [0.25, 0.3) is 5.56 Å². The molecule has 0 amide bonds. The lowest BCUT2D eigenvalue weighted by Gasteiger charge is -2.20. The minimum Gasteiger partial charge on any atom is -0.378 e. The van der Waals surface area contributed by atoms with E-state index in [1.807, 2.05) is 12.1 Å². The van der Waals surface area contributed by atoms with Crippen LogP contribution in [-0.4, -0.2) is 34.0 Å². The Kier molecular flexibility index (Phi) is 3.24. The van der Waals surface area contributed by atoms with Gasteiger partial charge in [-0.2, -0.15) is 5.10 Å². The molecule has 2 unspecified atom stereocenters. The van der Waals surface area contributed by atoms with Gasteiger partial charge in [-0.15, -0.1) is 0 Å². The summed E-state index contributed by atoms with van der Waals surface area (Å²) in [4.78, 5) is 15.8. The van der Waals surface area contributed by atoms with E-state index in [1.54, 1.807) is 24.7 Å². The summed E-state index contributed by atoms with van der Waals surface area (Å²) in [6.45, 7) is 1.04. The molecule has 1 fully saturated rings.